The lowest BCUT2D eigenvalue weighted by Gasteiger charge is -2.09. The predicted molar refractivity (Wildman–Crippen MR) is 59.9 cm³/mol. The third-order valence-corrected chi connectivity index (χ3v) is 3.09. The SMILES string of the molecule is O=Cc1ncc(I)c(C(F)F)c1CBr. The van der Waals surface area contributed by atoms with Gasteiger partial charge >= 0.3 is 0 Å². The van der Waals surface area contributed by atoms with Crippen LogP contribution in [0.15, 0.2) is 6.20 Å². The maximum absolute atomic E-state index is 12.6. The van der Waals surface area contributed by atoms with Crippen LogP contribution in [0.3, 0.4) is 0 Å². The fourth-order valence-electron chi connectivity index (χ4n) is 1.03. The van der Waals surface area contributed by atoms with Gasteiger partial charge in [-0.15, -0.1) is 0 Å². The highest BCUT2D eigenvalue weighted by molar-refractivity contribution is 14.1. The second-order valence-electron chi connectivity index (χ2n) is 2.44. The second kappa shape index (κ2) is 5.11. The highest BCUT2D eigenvalue weighted by Gasteiger charge is 2.19. The van der Waals surface area contributed by atoms with E-state index >= 15 is 0 Å². The molecule has 1 heterocycles. The number of aromatic nitrogens is 1. The molecule has 0 spiro atoms. The molecule has 0 amide bonds. The molecule has 0 atom stereocenters. The zero-order valence-corrected chi connectivity index (χ0v) is 10.5. The van der Waals surface area contributed by atoms with Gasteiger partial charge in [0, 0.05) is 26.2 Å². The van der Waals surface area contributed by atoms with E-state index in [2.05, 4.69) is 20.9 Å². The summed E-state index contributed by atoms with van der Waals surface area (Å²) in [6, 6.07) is 0. The Labute approximate surface area is 101 Å². The van der Waals surface area contributed by atoms with E-state index in [-0.39, 0.29) is 22.2 Å². The Morgan fingerprint density at radius 2 is 2.29 bits per heavy atom. The molecule has 0 N–H and O–H groups in total. The molecule has 0 radical (unpaired) electrons. The van der Waals surface area contributed by atoms with Crippen LogP contribution in [0.25, 0.3) is 0 Å². The Kier molecular flexibility index (Phi) is 4.36. The molecule has 1 rings (SSSR count). The monoisotopic (exact) mass is 375 g/mol. The summed E-state index contributed by atoms with van der Waals surface area (Å²) >= 11 is 4.85. The summed E-state index contributed by atoms with van der Waals surface area (Å²) in [6.45, 7) is 0. The van der Waals surface area contributed by atoms with Gasteiger partial charge in [0.2, 0.25) is 0 Å². The van der Waals surface area contributed by atoms with Crippen molar-refractivity contribution in [3.8, 4) is 0 Å². The average molecular weight is 376 g/mol. The van der Waals surface area contributed by atoms with Gasteiger partial charge in [-0.2, -0.15) is 0 Å². The number of carbonyl (C=O) groups is 1. The van der Waals surface area contributed by atoms with E-state index in [0.29, 0.717) is 9.86 Å². The molecular weight excluding hydrogens is 371 g/mol. The van der Waals surface area contributed by atoms with E-state index in [1.54, 1.807) is 22.6 Å². The van der Waals surface area contributed by atoms with Gasteiger partial charge in [-0.1, -0.05) is 15.9 Å². The molecule has 0 aliphatic heterocycles. The molecule has 0 saturated heterocycles. The lowest BCUT2D eigenvalue weighted by atomic mass is 10.1. The van der Waals surface area contributed by atoms with Gasteiger partial charge < -0.3 is 0 Å². The quantitative estimate of drug-likeness (QED) is 0.461. The molecule has 76 valence electrons. The van der Waals surface area contributed by atoms with Crippen molar-refractivity contribution in [3.63, 3.8) is 0 Å². The smallest absolute Gasteiger partial charge is 0.265 e. The standard InChI is InChI=1S/C8H5BrF2INO/c9-1-4-6(3-14)13-2-5(12)7(4)8(10)11/h2-3,8H,1H2. The molecule has 0 unspecified atom stereocenters. The number of hydrogen-bond donors (Lipinski definition) is 0. The molecular formula is C8H5BrF2INO. The first-order valence-electron chi connectivity index (χ1n) is 3.58. The molecule has 1 aromatic rings. The second-order valence-corrected chi connectivity index (χ2v) is 4.16. The first kappa shape index (κ1) is 12.0. The molecule has 1 aromatic heterocycles. The van der Waals surface area contributed by atoms with Crippen LogP contribution in [-0.2, 0) is 5.33 Å². The molecule has 0 aliphatic rings. The molecule has 6 heteroatoms. The summed E-state index contributed by atoms with van der Waals surface area (Å²) in [5.74, 6) is 0. The molecule has 0 saturated carbocycles. The van der Waals surface area contributed by atoms with E-state index in [9.17, 15) is 13.6 Å². The Bertz CT molecular complexity index is 359. The van der Waals surface area contributed by atoms with E-state index in [0.717, 1.165) is 0 Å². The first-order chi connectivity index (χ1) is 6.61. The largest absolute Gasteiger partial charge is 0.296 e. The number of carbonyl (C=O) groups excluding carboxylic acids is 1. The van der Waals surface area contributed by atoms with Gasteiger partial charge in [0.25, 0.3) is 6.43 Å². The third-order valence-electron chi connectivity index (χ3n) is 1.67. The van der Waals surface area contributed by atoms with Crippen LogP contribution in [0.1, 0.15) is 28.0 Å². The summed E-state index contributed by atoms with van der Waals surface area (Å²) in [4.78, 5) is 14.3. The highest BCUT2D eigenvalue weighted by atomic mass is 127. The fourth-order valence-corrected chi connectivity index (χ4v) is 2.32. The first-order valence-corrected chi connectivity index (χ1v) is 5.78. The van der Waals surface area contributed by atoms with Crippen LogP contribution in [-0.4, -0.2) is 11.3 Å². The van der Waals surface area contributed by atoms with Crippen molar-refractivity contribution in [2.45, 2.75) is 11.8 Å². The summed E-state index contributed by atoms with van der Waals surface area (Å²) in [5, 5.41) is 0.199. The van der Waals surface area contributed by atoms with Crippen molar-refractivity contribution in [2.75, 3.05) is 0 Å². The van der Waals surface area contributed by atoms with E-state index < -0.39 is 6.43 Å². The molecule has 14 heavy (non-hydrogen) atoms. The summed E-state index contributed by atoms with van der Waals surface area (Å²) in [6.07, 6.45) is -0.826. The Morgan fingerprint density at radius 3 is 2.71 bits per heavy atom. The van der Waals surface area contributed by atoms with Crippen LogP contribution >= 0.6 is 38.5 Å². The Morgan fingerprint density at radius 1 is 1.64 bits per heavy atom. The molecule has 0 bridgehead atoms. The van der Waals surface area contributed by atoms with Crippen LogP contribution in [0.5, 0.6) is 0 Å². The molecule has 0 aromatic carbocycles. The minimum absolute atomic E-state index is 0.0672. The summed E-state index contributed by atoms with van der Waals surface area (Å²) in [5.41, 5.74) is 0.221. The van der Waals surface area contributed by atoms with Crippen LogP contribution in [0.4, 0.5) is 8.78 Å². The lowest BCUT2D eigenvalue weighted by Crippen LogP contribution is -2.03. The van der Waals surface area contributed by atoms with Crippen LogP contribution in [0.2, 0.25) is 0 Å². The zero-order chi connectivity index (χ0) is 10.7. The van der Waals surface area contributed by atoms with Gasteiger partial charge in [-0.05, 0) is 22.6 Å². The Balaban J connectivity index is 3.42. The Hall–Kier alpha value is -0.110. The van der Waals surface area contributed by atoms with E-state index in [1.807, 2.05) is 0 Å². The highest BCUT2D eigenvalue weighted by Crippen LogP contribution is 2.29. The number of aldehydes is 1. The number of nitrogens with zero attached hydrogens (tertiary/aromatic N) is 1. The van der Waals surface area contributed by atoms with Crippen molar-refractivity contribution >= 4 is 44.8 Å². The van der Waals surface area contributed by atoms with Crippen molar-refractivity contribution in [2.24, 2.45) is 0 Å². The topological polar surface area (TPSA) is 30.0 Å². The molecule has 0 aliphatic carbocycles. The maximum atomic E-state index is 12.6. The number of halogens is 4. The van der Waals surface area contributed by atoms with Crippen molar-refractivity contribution in [1.29, 1.82) is 0 Å². The fraction of sp³-hybridized carbons (Fsp3) is 0.250. The van der Waals surface area contributed by atoms with Gasteiger partial charge in [-0.3, -0.25) is 9.78 Å². The van der Waals surface area contributed by atoms with Crippen LogP contribution in [0, 0.1) is 3.57 Å². The number of alkyl halides is 3. The van der Waals surface area contributed by atoms with Crippen molar-refractivity contribution in [1.82, 2.24) is 4.98 Å². The van der Waals surface area contributed by atoms with Crippen molar-refractivity contribution < 1.29 is 13.6 Å². The maximum Gasteiger partial charge on any atom is 0.265 e. The molecule has 0 fully saturated rings. The van der Waals surface area contributed by atoms with Gasteiger partial charge in [0.1, 0.15) is 5.69 Å². The molecule has 2 nitrogen and oxygen atoms in total. The predicted octanol–water partition coefficient (Wildman–Crippen LogP) is 3.33. The van der Waals surface area contributed by atoms with E-state index in [4.69, 9.17) is 0 Å². The normalized spacial score (nSPS) is 10.6. The summed E-state index contributed by atoms with van der Waals surface area (Å²) < 4.78 is 25.6. The van der Waals surface area contributed by atoms with Crippen LogP contribution < -0.4 is 0 Å². The number of rotatable bonds is 3. The van der Waals surface area contributed by atoms with E-state index in [1.165, 1.54) is 6.20 Å². The minimum Gasteiger partial charge on any atom is -0.296 e. The summed E-state index contributed by atoms with van der Waals surface area (Å²) in [7, 11) is 0. The third kappa shape index (κ3) is 2.28. The minimum atomic E-state index is -2.59. The average Bonchev–Trinajstić information content (AvgIpc) is 2.16. The zero-order valence-electron chi connectivity index (χ0n) is 6.81. The van der Waals surface area contributed by atoms with Gasteiger partial charge in [0.15, 0.2) is 6.29 Å². The van der Waals surface area contributed by atoms with Gasteiger partial charge in [0.05, 0.1) is 0 Å². The number of hydrogen-bond acceptors (Lipinski definition) is 2. The lowest BCUT2D eigenvalue weighted by molar-refractivity contribution is 0.111. The van der Waals surface area contributed by atoms with Gasteiger partial charge in [-0.25, -0.2) is 8.78 Å². The number of pyridine rings is 1. The van der Waals surface area contributed by atoms with Crippen molar-refractivity contribution in [3.05, 3.63) is 26.6 Å².